The molecule has 0 atom stereocenters. The lowest BCUT2D eigenvalue weighted by Gasteiger charge is -2.39. The molecule has 0 unspecified atom stereocenters. The highest BCUT2D eigenvalue weighted by Crippen LogP contribution is 2.44. The monoisotopic (exact) mass is 369 g/mol. The summed E-state index contributed by atoms with van der Waals surface area (Å²) in [6.07, 6.45) is 2.53. The zero-order valence-corrected chi connectivity index (χ0v) is 14.5. The van der Waals surface area contributed by atoms with Gasteiger partial charge < -0.3 is 10.8 Å². The van der Waals surface area contributed by atoms with E-state index in [1.54, 1.807) is 12.1 Å². The number of carboxylic acid groups (broad SMARTS) is 1. The summed E-state index contributed by atoms with van der Waals surface area (Å²) in [6.45, 7) is 0. The molecule has 1 amide bonds. The topological polar surface area (TPSA) is 109 Å². The lowest BCUT2D eigenvalue weighted by atomic mass is 9.64. The van der Waals surface area contributed by atoms with Gasteiger partial charge in [0.2, 0.25) is 5.91 Å². The number of amides is 1. The third-order valence-corrected chi connectivity index (χ3v) is 5.59. The molecule has 1 aliphatic carbocycles. The summed E-state index contributed by atoms with van der Waals surface area (Å²) in [6, 6.07) is 10.9. The lowest BCUT2D eigenvalue weighted by molar-refractivity contribution is -0.126. The summed E-state index contributed by atoms with van der Waals surface area (Å²) in [5.41, 5.74) is 8.01. The average molecular weight is 370 g/mol. The van der Waals surface area contributed by atoms with Crippen LogP contribution >= 0.6 is 11.6 Å². The summed E-state index contributed by atoms with van der Waals surface area (Å²) >= 11 is 6.38. The van der Waals surface area contributed by atoms with Crippen LogP contribution in [0, 0.1) is 0 Å². The summed E-state index contributed by atoms with van der Waals surface area (Å²) in [5.74, 6) is -1.39. The summed E-state index contributed by atoms with van der Waals surface area (Å²) in [4.78, 5) is 23.2. The van der Waals surface area contributed by atoms with E-state index in [2.05, 4.69) is 10.2 Å². The van der Waals surface area contributed by atoms with Gasteiger partial charge in [0.15, 0.2) is 5.69 Å². The van der Waals surface area contributed by atoms with Crippen LogP contribution in [0.3, 0.4) is 0 Å². The Kier molecular flexibility index (Phi) is 3.73. The minimum Gasteiger partial charge on any atom is -0.476 e. The molecule has 0 radical (unpaired) electrons. The number of rotatable bonds is 4. The normalized spacial score (nSPS) is 15.6. The van der Waals surface area contributed by atoms with Crippen molar-refractivity contribution in [3.63, 3.8) is 0 Å². The molecule has 26 heavy (non-hydrogen) atoms. The second-order valence-corrected chi connectivity index (χ2v) is 7.04. The van der Waals surface area contributed by atoms with Crippen molar-refractivity contribution in [2.75, 3.05) is 0 Å². The Morgan fingerprint density at radius 2 is 1.88 bits per heavy atom. The minimum absolute atomic E-state index is 0.0447. The van der Waals surface area contributed by atoms with Gasteiger partial charge in [-0.25, -0.2) is 4.79 Å². The molecule has 132 valence electrons. The highest BCUT2D eigenvalue weighted by atomic mass is 35.5. The number of nitrogens with zero attached hydrogens (tertiary/aromatic N) is 1. The molecule has 4 N–H and O–H groups in total. The molecule has 0 spiro atoms. The smallest absolute Gasteiger partial charge is 0.357 e. The molecule has 0 bridgehead atoms. The number of hydrogen-bond acceptors (Lipinski definition) is 3. The number of halogens is 1. The van der Waals surface area contributed by atoms with Gasteiger partial charge in [-0.2, -0.15) is 5.10 Å². The number of carbonyl (C=O) groups is 2. The van der Waals surface area contributed by atoms with Crippen LogP contribution in [0.15, 0.2) is 36.4 Å². The number of primary amides is 1. The second-order valence-electron chi connectivity index (χ2n) is 6.63. The Morgan fingerprint density at radius 1 is 1.19 bits per heavy atom. The van der Waals surface area contributed by atoms with E-state index in [0.717, 1.165) is 30.4 Å². The van der Waals surface area contributed by atoms with Crippen molar-refractivity contribution in [3.8, 4) is 11.1 Å². The maximum absolute atomic E-state index is 11.9. The predicted octanol–water partition coefficient (Wildman–Crippen LogP) is 3.49. The van der Waals surface area contributed by atoms with Gasteiger partial charge in [-0.1, -0.05) is 42.3 Å². The van der Waals surface area contributed by atoms with Gasteiger partial charge in [-0.05, 0) is 36.1 Å². The molecule has 1 fully saturated rings. The molecule has 1 aromatic heterocycles. The van der Waals surface area contributed by atoms with E-state index >= 15 is 0 Å². The van der Waals surface area contributed by atoms with Crippen LogP contribution in [0.5, 0.6) is 0 Å². The Balaban J connectivity index is 1.78. The Bertz CT molecular complexity index is 1040. The van der Waals surface area contributed by atoms with Gasteiger partial charge in [0, 0.05) is 10.9 Å². The van der Waals surface area contributed by atoms with Crippen molar-refractivity contribution >= 4 is 34.4 Å². The van der Waals surface area contributed by atoms with Gasteiger partial charge in [-0.3, -0.25) is 9.89 Å². The van der Waals surface area contributed by atoms with Crippen LogP contribution in [-0.4, -0.2) is 27.2 Å². The number of carbonyl (C=O) groups excluding carboxylic acids is 1. The average Bonchev–Trinajstić information content (AvgIpc) is 2.96. The van der Waals surface area contributed by atoms with E-state index in [4.69, 9.17) is 17.3 Å². The standard InChI is InChI=1S/C19H16ClN3O3/c20-14-9-15-13(16(17(24)25)23-22-15)8-12(14)10-2-4-11(5-3-10)19(18(21)26)6-1-7-19/h2-5,8-9H,1,6-7H2,(H2,21,26)(H,22,23)(H,24,25). The molecule has 3 aromatic rings. The first kappa shape index (κ1) is 16.6. The molecule has 0 aliphatic heterocycles. The number of aromatic amines is 1. The Morgan fingerprint density at radius 3 is 2.42 bits per heavy atom. The predicted molar refractivity (Wildman–Crippen MR) is 98.2 cm³/mol. The van der Waals surface area contributed by atoms with Gasteiger partial charge in [-0.15, -0.1) is 0 Å². The van der Waals surface area contributed by atoms with E-state index in [1.165, 1.54) is 0 Å². The highest BCUT2D eigenvalue weighted by Gasteiger charge is 2.44. The number of H-pyrrole nitrogens is 1. The SMILES string of the molecule is NC(=O)C1(c2ccc(-c3cc4c(C(=O)O)n[nH]c4cc3Cl)cc2)CCC1. The van der Waals surface area contributed by atoms with E-state index < -0.39 is 11.4 Å². The first-order valence-electron chi connectivity index (χ1n) is 8.24. The first-order valence-corrected chi connectivity index (χ1v) is 8.62. The van der Waals surface area contributed by atoms with Gasteiger partial charge >= 0.3 is 5.97 Å². The molecule has 1 saturated carbocycles. The van der Waals surface area contributed by atoms with Crippen molar-refractivity contribution in [2.45, 2.75) is 24.7 Å². The van der Waals surface area contributed by atoms with Crippen LogP contribution in [0.1, 0.15) is 35.3 Å². The summed E-state index contributed by atoms with van der Waals surface area (Å²) < 4.78 is 0. The quantitative estimate of drug-likeness (QED) is 0.653. The van der Waals surface area contributed by atoms with Crippen molar-refractivity contribution in [1.29, 1.82) is 0 Å². The number of nitrogens with one attached hydrogen (secondary N) is 1. The van der Waals surface area contributed by atoms with Crippen LogP contribution in [0.4, 0.5) is 0 Å². The maximum atomic E-state index is 11.9. The fourth-order valence-electron chi connectivity index (χ4n) is 3.60. The van der Waals surface area contributed by atoms with Crippen LogP contribution < -0.4 is 5.73 Å². The number of aromatic nitrogens is 2. The summed E-state index contributed by atoms with van der Waals surface area (Å²) in [7, 11) is 0. The van der Waals surface area contributed by atoms with E-state index in [1.807, 2.05) is 24.3 Å². The van der Waals surface area contributed by atoms with Crippen LogP contribution in [-0.2, 0) is 10.2 Å². The number of fused-ring (bicyclic) bond motifs is 1. The molecule has 7 heteroatoms. The molecular formula is C19H16ClN3O3. The van der Waals surface area contributed by atoms with Gasteiger partial charge in [0.1, 0.15) is 0 Å². The zero-order valence-electron chi connectivity index (χ0n) is 13.8. The Labute approximate surface area is 154 Å². The van der Waals surface area contributed by atoms with Crippen LogP contribution in [0.2, 0.25) is 5.02 Å². The highest BCUT2D eigenvalue weighted by molar-refractivity contribution is 6.34. The molecular weight excluding hydrogens is 354 g/mol. The third-order valence-electron chi connectivity index (χ3n) is 5.28. The second kappa shape index (κ2) is 5.85. The zero-order chi connectivity index (χ0) is 18.5. The first-order chi connectivity index (χ1) is 12.4. The molecule has 2 aromatic carbocycles. The van der Waals surface area contributed by atoms with Gasteiger partial charge in [0.05, 0.1) is 16.0 Å². The number of hydrogen-bond donors (Lipinski definition) is 3. The largest absolute Gasteiger partial charge is 0.476 e. The van der Waals surface area contributed by atoms with E-state index in [9.17, 15) is 14.7 Å². The number of nitrogens with two attached hydrogens (primary N) is 1. The van der Waals surface area contributed by atoms with Crippen molar-refractivity contribution < 1.29 is 14.7 Å². The van der Waals surface area contributed by atoms with Crippen molar-refractivity contribution in [2.24, 2.45) is 5.73 Å². The molecule has 6 nitrogen and oxygen atoms in total. The number of aromatic carboxylic acids is 1. The molecule has 1 heterocycles. The minimum atomic E-state index is -1.10. The van der Waals surface area contributed by atoms with E-state index in [0.29, 0.717) is 21.5 Å². The van der Waals surface area contributed by atoms with Crippen LogP contribution in [0.25, 0.3) is 22.0 Å². The van der Waals surface area contributed by atoms with Crippen molar-refractivity contribution in [1.82, 2.24) is 10.2 Å². The number of carboxylic acids is 1. The fourth-order valence-corrected chi connectivity index (χ4v) is 3.87. The van der Waals surface area contributed by atoms with E-state index in [-0.39, 0.29) is 11.6 Å². The maximum Gasteiger partial charge on any atom is 0.357 e. The molecule has 4 rings (SSSR count). The third kappa shape index (κ3) is 2.37. The number of benzene rings is 2. The summed E-state index contributed by atoms with van der Waals surface area (Å²) in [5, 5.41) is 16.7. The van der Waals surface area contributed by atoms with Crippen molar-refractivity contribution in [3.05, 3.63) is 52.7 Å². The lowest BCUT2D eigenvalue weighted by Crippen LogP contribution is -2.46. The molecule has 0 saturated heterocycles. The van der Waals surface area contributed by atoms with Gasteiger partial charge in [0.25, 0.3) is 0 Å². The molecule has 1 aliphatic rings. The fraction of sp³-hybridized carbons (Fsp3) is 0.211. The Hall–Kier alpha value is -2.86.